The number of aromatic nitrogens is 2. The molecule has 108 valence electrons. The summed E-state index contributed by atoms with van der Waals surface area (Å²) in [6, 6.07) is 11.8. The van der Waals surface area contributed by atoms with E-state index in [1.807, 2.05) is 61.9 Å². The van der Waals surface area contributed by atoms with Gasteiger partial charge in [-0.3, -0.25) is 5.84 Å². The van der Waals surface area contributed by atoms with Crippen LogP contribution >= 0.6 is 0 Å². The van der Waals surface area contributed by atoms with Crippen LogP contribution < -0.4 is 11.3 Å². The Labute approximate surface area is 119 Å². The number of nitrogens with two attached hydrogens (primary N) is 1. The molecule has 0 aliphatic carbocycles. The lowest BCUT2D eigenvalue weighted by atomic mass is 10.1. The third kappa shape index (κ3) is 3.66. The molecule has 0 saturated heterocycles. The van der Waals surface area contributed by atoms with Gasteiger partial charge in [-0.15, -0.1) is 0 Å². The maximum absolute atomic E-state index is 5.81. The molecule has 0 saturated carbocycles. The Morgan fingerprint density at radius 2 is 1.95 bits per heavy atom. The van der Waals surface area contributed by atoms with Crippen molar-refractivity contribution in [1.29, 1.82) is 0 Å². The van der Waals surface area contributed by atoms with Crippen molar-refractivity contribution in [2.45, 2.75) is 32.4 Å². The average molecular weight is 274 g/mol. The third-order valence-corrected chi connectivity index (χ3v) is 2.91. The molecule has 0 spiro atoms. The van der Waals surface area contributed by atoms with Gasteiger partial charge < -0.3 is 4.74 Å². The first-order chi connectivity index (χ1) is 9.51. The first-order valence-electron chi connectivity index (χ1n) is 6.71. The minimum Gasteiger partial charge on any atom is -0.374 e. The predicted octanol–water partition coefficient (Wildman–Crippen LogP) is 2.19. The molecule has 1 atom stereocenters. The van der Waals surface area contributed by atoms with Crippen molar-refractivity contribution in [3.05, 3.63) is 48.3 Å². The Balaban J connectivity index is 2.21. The van der Waals surface area contributed by atoms with Gasteiger partial charge in [0.25, 0.3) is 0 Å². The molecule has 20 heavy (non-hydrogen) atoms. The minimum atomic E-state index is -0.202. The van der Waals surface area contributed by atoms with E-state index in [1.165, 1.54) is 0 Å². The number of rotatable bonds is 5. The Hall–Kier alpha value is -1.69. The van der Waals surface area contributed by atoms with Crippen LogP contribution in [0.15, 0.2) is 42.6 Å². The van der Waals surface area contributed by atoms with Crippen LogP contribution in [0.4, 0.5) is 0 Å². The van der Waals surface area contributed by atoms with Gasteiger partial charge in [0.2, 0.25) is 0 Å². The lowest BCUT2D eigenvalue weighted by molar-refractivity contribution is -0.0155. The summed E-state index contributed by atoms with van der Waals surface area (Å²) in [5, 5.41) is 4.37. The normalized spacial score (nSPS) is 13.4. The van der Waals surface area contributed by atoms with Crippen molar-refractivity contribution >= 4 is 0 Å². The quantitative estimate of drug-likeness (QED) is 0.648. The highest BCUT2D eigenvalue weighted by molar-refractivity contribution is 5.33. The molecule has 0 aliphatic heterocycles. The number of hydrogen-bond acceptors (Lipinski definition) is 4. The van der Waals surface area contributed by atoms with E-state index in [0.717, 1.165) is 11.4 Å². The Bertz CT molecular complexity index is 530. The van der Waals surface area contributed by atoms with Gasteiger partial charge >= 0.3 is 0 Å². The largest absolute Gasteiger partial charge is 0.374 e. The molecular formula is C15H22N4O. The molecule has 1 aromatic carbocycles. The molecule has 5 nitrogen and oxygen atoms in total. The summed E-state index contributed by atoms with van der Waals surface area (Å²) in [5.41, 5.74) is 4.58. The van der Waals surface area contributed by atoms with Gasteiger partial charge in [0.15, 0.2) is 0 Å². The number of hydrogen-bond donors (Lipinski definition) is 2. The van der Waals surface area contributed by atoms with Crippen molar-refractivity contribution in [3.8, 4) is 5.69 Å². The zero-order valence-electron chi connectivity index (χ0n) is 12.2. The third-order valence-electron chi connectivity index (χ3n) is 2.91. The molecule has 1 heterocycles. The van der Waals surface area contributed by atoms with Crippen molar-refractivity contribution in [2.24, 2.45) is 5.84 Å². The molecule has 0 bridgehead atoms. The summed E-state index contributed by atoms with van der Waals surface area (Å²) in [4.78, 5) is 0. The van der Waals surface area contributed by atoms with Gasteiger partial charge in [-0.2, -0.15) is 5.10 Å². The number of benzene rings is 1. The first kappa shape index (κ1) is 14.7. The summed E-state index contributed by atoms with van der Waals surface area (Å²) in [6.07, 6.45) is 1.77. The minimum absolute atomic E-state index is 0.114. The Kier molecular flexibility index (Phi) is 4.54. The molecule has 0 fully saturated rings. The summed E-state index contributed by atoms with van der Waals surface area (Å²) in [7, 11) is 0. The van der Waals surface area contributed by atoms with Crippen LogP contribution in [0.3, 0.4) is 0 Å². The maximum Gasteiger partial charge on any atom is 0.0867 e. The van der Waals surface area contributed by atoms with Crippen LogP contribution in [0.1, 0.15) is 32.5 Å². The second kappa shape index (κ2) is 6.17. The fraction of sp³-hybridized carbons (Fsp3) is 0.400. The van der Waals surface area contributed by atoms with Crippen LogP contribution in [0.5, 0.6) is 0 Å². The summed E-state index contributed by atoms with van der Waals surface area (Å²) in [6.45, 7) is 6.55. The highest BCUT2D eigenvalue weighted by Crippen LogP contribution is 2.19. The molecular weight excluding hydrogens is 252 g/mol. The second-order valence-electron chi connectivity index (χ2n) is 5.65. The van der Waals surface area contributed by atoms with Gasteiger partial charge in [0.1, 0.15) is 0 Å². The number of nitrogens with one attached hydrogen (secondary N) is 1. The SMILES string of the molecule is CC(C)(C)OCC(NN)c1ccnn1-c1ccccc1. The van der Waals surface area contributed by atoms with Gasteiger partial charge in [-0.25, -0.2) is 10.1 Å². The summed E-state index contributed by atoms with van der Waals surface area (Å²) >= 11 is 0. The molecule has 1 aromatic heterocycles. The van der Waals surface area contributed by atoms with Crippen molar-refractivity contribution < 1.29 is 4.74 Å². The highest BCUT2D eigenvalue weighted by Gasteiger charge is 2.19. The van der Waals surface area contributed by atoms with Crippen LogP contribution in [0.25, 0.3) is 5.69 Å². The van der Waals surface area contributed by atoms with Gasteiger partial charge in [-0.1, -0.05) is 18.2 Å². The Morgan fingerprint density at radius 3 is 2.55 bits per heavy atom. The van der Waals surface area contributed by atoms with E-state index < -0.39 is 0 Å². The molecule has 1 unspecified atom stereocenters. The molecule has 2 rings (SSSR count). The van der Waals surface area contributed by atoms with E-state index >= 15 is 0 Å². The summed E-state index contributed by atoms with van der Waals surface area (Å²) in [5.74, 6) is 5.67. The molecule has 0 radical (unpaired) electrons. The average Bonchev–Trinajstić information content (AvgIpc) is 2.88. The van der Waals surface area contributed by atoms with Crippen molar-refractivity contribution in [1.82, 2.24) is 15.2 Å². The number of hydrazine groups is 1. The summed E-state index contributed by atoms with van der Waals surface area (Å²) < 4.78 is 7.68. The Morgan fingerprint density at radius 1 is 1.25 bits per heavy atom. The van der Waals surface area contributed by atoms with E-state index in [-0.39, 0.29) is 11.6 Å². The molecule has 0 aliphatic rings. The smallest absolute Gasteiger partial charge is 0.0867 e. The van der Waals surface area contributed by atoms with Gasteiger partial charge in [-0.05, 0) is 39.0 Å². The van der Waals surface area contributed by atoms with Crippen molar-refractivity contribution in [2.75, 3.05) is 6.61 Å². The lowest BCUT2D eigenvalue weighted by Gasteiger charge is -2.24. The molecule has 3 N–H and O–H groups in total. The van der Waals surface area contributed by atoms with E-state index in [0.29, 0.717) is 6.61 Å². The number of para-hydroxylation sites is 1. The van der Waals surface area contributed by atoms with Crippen LogP contribution in [-0.4, -0.2) is 22.0 Å². The van der Waals surface area contributed by atoms with Crippen LogP contribution in [-0.2, 0) is 4.74 Å². The van der Waals surface area contributed by atoms with Crippen LogP contribution in [0.2, 0.25) is 0 Å². The van der Waals surface area contributed by atoms with Crippen LogP contribution in [0, 0.1) is 0 Å². The van der Waals surface area contributed by atoms with E-state index in [9.17, 15) is 0 Å². The fourth-order valence-electron chi connectivity index (χ4n) is 1.91. The number of nitrogens with zero attached hydrogens (tertiary/aromatic N) is 2. The predicted molar refractivity (Wildman–Crippen MR) is 79.3 cm³/mol. The van der Waals surface area contributed by atoms with Gasteiger partial charge in [0, 0.05) is 6.20 Å². The lowest BCUT2D eigenvalue weighted by Crippen LogP contribution is -2.35. The van der Waals surface area contributed by atoms with E-state index in [1.54, 1.807) is 6.20 Å². The molecule has 2 aromatic rings. The second-order valence-corrected chi connectivity index (χ2v) is 5.65. The maximum atomic E-state index is 5.81. The number of ether oxygens (including phenoxy) is 1. The fourth-order valence-corrected chi connectivity index (χ4v) is 1.91. The monoisotopic (exact) mass is 274 g/mol. The van der Waals surface area contributed by atoms with E-state index in [4.69, 9.17) is 10.6 Å². The first-order valence-corrected chi connectivity index (χ1v) is 6.71. The molecule has 0 amide bonds. The highest BCUT2D eigenvalue weighted by atomic mass is 16.5. The zero-order valence-corrected chi connectivity index (χ0v) is 12.2. The van der Waals surface area contributed by atoms with Crippen molar-refractivity contribution in [3.63, 3.8) is 0 Å². The zero-order chi connectivity index (χ0) is 14.6. The van der Waals surface area contributed by atoms with E-state index in [2.05, 4.69) is 10.5 Å². The van der Waals surface area contributed by atoms with Gasteiger partial charge in [0.05, 0.1) is 29.6 Å². The standard InChI is InChI=1S/C15H22N4O/c1-15(2,3)20-11-13(18-16)14-9-10-17-19(14)12-7-5-4-6-8-12/h4-10,13,18H,11,16H2,1-3H3. The molecule has 5 heteroatoms. The topological polar surface area (TPSA) is 65.1 Å².